The van der Waals surface area contributed by atoms with E-state index < -0.39 is 6.10 Å². The van der Waals surface area contributed by atoms with Gasteiger partial charge in [0, 0.05) is 19.3 Å². The molecule has 1 unspecified atom stereocenters. The average molecular weight is 1100 g/mol. The highest BCUT2D eigenvalue weighted by atomic mass is 16.6. The van der Waals surface area contributed by atoms with Gasteiger partial charge in [-0.15, -0.1) is 0 Å². The van der Waals surface area contributed by atoms with Gasteiger partial charge in [-0.25, -0.2) is 0 Å². The summed E-state index contributed by atoms with van der Waals surface area (Å²) in [7, 11) is 0. The van der Waals surface area contributed by atoms with Crippen LogP contribution in [-0.2, 0) is 28.6 Å². The van der Waals surface area contributed by atoms with E-state index in [2.05, 4.69) is 142 Å². The molecule has 79 heavy (non-hydrogen) atoms. The van der Waals surface area contributed by atoms with Crippen molar-refractivity contribution < 1.29 is 28.6 Å². The van der Waals surface area contributed by atoms with E-state index in [9.17, 15) is 14.4 Å². The van der Waals surface area contributed by atoms with E-state index in [0.29, 0.717) is 19.3 Å². The first-order valence-electron chi connectivity index (χ1n) is 33.0. The van der Waals surface area contributed by atoms with Crippen LogP contribution in [0, 0.1) is 0 Å². The van der Waals surface area contributed by atoms with Gasteiger partial charge in [0.25, 0.3) is 0 Å². The third-order valence-corrected chi connectivity index (χ3v) is 13.9. The van der Waals surface area contributed by atoms with Gasteiger partial charge in [-0.2, -0.15) is 0 Å². The molecule has 0 aromatic rings. The molecule has 0 aliphatic carbocycles. The minimum atomic E-state index is -0.793. The van der Waals surface area contributed by atoms with E-state index in [1.807, 2.05) is 0 Å². The second kappa shape index (κ2) is 66.3. The van der Waals surface area contributed by atoms with Crippen molar-refractivity contribution in [2.75, 3.05) is 13.2 Å². The Morgan fingerprint density at radius 2 is 0.494 bits per heavy atom. The summed E-state index contributed by atoms with van der Waals surface area (Å²) >= 11 is 0. The first kappa shape index (κ1) is 74.8. The highest BCUT2D eigenvalue weighted by molar-refractivity contribution is 5.71. The molecular weight excluding hydrogens is 973 g/mol. The number of hydrogen-bond donors (Lipinski definition) is 0. The third-order valence-electron chi connectivity index (χ3n) is 13.9. The summed E-state index contributed by atoms with van der Waals surface area (Å²) in [6, 6.07) is 0. The van der Waals surface area contributed by atoms with Crippen molar-refractivity contribution in [3.63, 3.8) is 0 Å². The van der Waals surface area contributed by atoms with Crippen LogP contribution in [0.1, 0.15) is 303 Å². The Bertz CT molecular complexity index is 1640. The molecule has 1 atom stereocenters. The lowest BCUT2D eigenvalue weighted by Gasteiger charge is -2.18. The molecule has 0 aliphatic rings. The zero-order chi connectivity index (χ0) is 57.1. The van der Waals surface area contributed by atoms with Crippen LogP contribution >= 0.6 is 0 Å². The van der Waals surface area contributed by atoms with Gasteiger partial charge < -0.3 is 14.2 Å². The largest absolute Gasteiger partial charge is 0.462 e. The fourth-order valence-electron chi connectivity index (χ4n) is 9.04. The standard InChI is InChI=1S/C73H122O6/c1-4-7-10-13-16-19-22-25-28-30-32-34-36-38-40-42-45-48-51-54-57-60-63-66-72(75)78-69-70(68-77-71(74)65-62-59-56-53-50-47-44-27-24-21-18-15-12-9-6-3)79-73(76)67-64-61-58-55-52-49-46-43-41-39-37-35-33-31-29-26-23-20-17-14-11-8-5-2/h7-8,10-11,16-21,25-29,32-35,44,70H,4-6,9,12-15,22-24,30-31,36-43,45-69H2,1-3H3/b10-7-,11-8-,19-16-,20-17-,21-18-,28-25-,29-26-,34-32-,35-33-,44-27-. The van der Waals surface area contributed by atoms with E-state index in [0.717, 1.165) is 135 Å². The number of unbranched alkanes of at least 4 members (excludes halogenated alkanes) is 28. The van der Waals surface area contributed by atoms with Gasteiger partial charge in [0.2, 0.25) is 0 Å². The molecular formula is C73H122O6. The van der Waals surface area contributed by atoms with Crippen LogP contribution < -0.4 is 0 Å². The maximum Gasteiger partial charge on any atom is 0.306 e. The number of allylic oxidation sites excluding steroid dienone is 20. The monoisotopic (exact) mass is 1090 g/mol. The lowest BCUT2D eigenvalue weighted by molar-refractivity contribution is -0.167. The number of carbonyl (C=O) groups excluding carboxylic acids is 3. The molecule has 0 aromatic carbocycles. The smallest absolute Gasteiger partial charge is 0.306 e. The van der Waals surface area contributed by atoms with Gasteiger partial charge in [-0.3, -0.25) is 14.4 Å². The van der Waals surface area contributed by atoms with Gasteiger partial charge in [0.15, 0.2) is 6.10 Å². The van der Waals surface area contributed by atoms with Gasteiger partial charge in [-0.05, 0) is 128 Å². The molecule has 0 aliphatic heterocycles. The van der Waals surface area contributed by atoms with Crippen LogP contribution in [0.5, 0.6) is 0 Å². The van der Waals surface area contributed by atoms with Gasteiger partial charge in [0.1, 0.15) is 13.2 Å². The summed E-state index contributed by atoms with van der Waals surface area (Å²) in [5, 5.41) is 0. The molecule has 0 radical (unpaired) electrons. The Morgan fingerprint density at radius 1 is 0.266 bits per heavy atom. The van der Waals surface area contributed by atoms with Crippen LogP contribution in [0.15, 0.2) is 122 Å². The van der Waals surface area contributed by atoms with Gasteiger partial charge in [-0.1, -0.05) is 277 Å². The molecule has 0 amide bonds. The van der Waals surface area contributed by atoms with Crippen molar-refractivity contribution in [3.8, 4) is 0 Å². The molecule has 0 N–H and O–H groups in total. The summed E-state index contributed by atoms with van der Waals surface area (Å²) in [5.74, 6) is -0.903. The second-order valence-electron chi connectivity index (χ2n) is 21.6. The second-order valence-corrected chi connectivity index (χ2v) is 21.6. The number of hydrogen-bond acceptors (Lipinski definition) is 6. The predicted octanol–water partition coefficient (Wildman–Crippen LogP) is 22.8. The molecule has 0 saturated carbocycles. The van der Waals surface area contributed by atoms with Gasteiger partial charge >= 0.3 is 17.9 Å². The lowest BCUT2D eigenvalue weighted by atomic mass is 10.0. The Kier molecular flexibility index (Phi) is 62.8. The molecule has 6 heteroatoms. The van der Waals surface area contributed by atoms with E-state index in [1.165, 1.54) is 128 Å². The van der Waals surface area contributed by atoms with Crippen molar-refractivity contribution in [2.24, 2.45) is 0 Å². The van der Waals surface area contributed by atoms with Crippen LogP contribution in [0.4, 0.5) is 0 Å². The summed E-state index contributed by atoms with van der Waals surface area (Å²) in [4.78, 5) is 38.4. The maximum absolute atomic E-state index is 12.9. The minimum Gasteiger partial charge on any atom is -0.462 e. The van der Waals surface area contributed by atoms with E-state index >= 15 is 0 Å². The van der Waals surface area contributed by atoms with Crippen molar-refractivity contribution in [2.45, 2.75) is 309 Å². The summed E-state index contributed by atoms with van der Waals surface area (Å²) in [6.45, 7) is 6.39. The number of ether oxygens (including phenoxy) is 3. The Labute approximate surface area is 488 Å². The molecule has 0 aromatic heterocycles. The Hall–Kier alpha value is -4.19. The maximum atomic E-state index is 12.9. The van der Waals surface area contributed by atoms with Crippen molar-refractivity contribution in [3.05, 3.63) is 122 Å². The molecule has 0 saturated heterocycles. The lowest BCUT2D eigenvalue weighted by Crippen LogP contribution is -2.30. The first-order chi connectivity index (χ1) is 39.0. The van der Waals surface area contributed by atoms with Crippen molar-refractivity contribution in [1.29, 1.82) is 0 Å². The first-order valence-corrected chi connectivity index (χ1v) is 33.0. The summed E-state index contributed by atoms with van der Waals surface area (Å²) in [5.41, 5.74) is 0. The molecule has 0 rings (SSSR count). The normalized spacial score (nSPS) is 12.9. The van der Waals surface area contributed by atoms with Crippen molar-refractivity contribution >= 4 is 17.9 Å². The van der Waals surface area contributed by atoms with Crippen molar-refractivity contribution in [1.82, 2.24) is 0 Å². The Morgan fingerprint density at radius 3 is 0.772 bits per heavy atom. The molecule has 6 nitrogen and oxygen atoms in total. The fourth-order valence-corrected chi connectivity index (χ4v) is 9.04. The number of carbonyl (C=O) groups is 3. The van der Waals surface area contributed by atoms with E-state index in [1.54, 1.807) is 0 Å². The van der Waals surface area contributed by atoms with Crippen LogP contribution in [0.3, 0.4) is 0 Å². The molecule has 0 spiro atoms. The van der Waals surface area contributed by atoms with Crippen LogP contribution in [-0.4, -0.2) is 37.2 Å². The van der Waals surface area contributed by atoms with Gasteiger partial charge in [0.05, 0.1) is 0 Å². The Balaban J connectivity index is 4.39. The van der Waals surface area contributed by atoms with Crippen LogP contribution in [0.25, 0.3) is 0 Å². The number of rotatable bonds is 59. The predicted molar refractivity (Wildman–Crippen MR) is 343 cm³/mol. The summed E-state index contributed by atoms with van der Waals surface area (Å²) < 4.78 is 16.9. The van der Waals surface area contributed by atoms with E-state index in [4.69, 9.17) is 14.2 Å². The topological polar surface area (TPSA) is 78.9 Å². The molecule has 0 heterocycles. The SMILES string of the molecule is CC/C=C\C/C=C\C/C=C\C/C=C\CCCCCCCCCCCCC(=O)OCC(COC(=O)CCCCCCC/C=C\C/C=C\CCCCC)OC(=O)CCCCCCCCCCCC/C=C\C/C=C\C/C=C\C/C=C\CC. The number of esters is 3. The highest BCUT2D eigenvalue weighted by Gasteiger charge is 2.19. The highest BCUT2D eigenvalue weighted by Crippen LogP contribution is 2.16. The quantitative estimate of drug-likeness (QED) is 0.0261. The summed E-state index contributed by atoms with van der Waals surface area (Å²) in [6.07, 6.45) is 92.0. The molecule has 450 valence electrons. The molecule has 0 fully saturated rings. The average Bonchev–Trinajstić information content (AvgIpc) is 3.45. The zero-order valence-electron chi connectivity index (χ0n) is 51.6. The van der Waals surface area contributed by atoms with Crippen LogP contribution in [0.2, 0.25) is 0 Å². The zero-order valence-corrected chi connectivity index (χ0v) is 51.6. The minimum absolute atomic E-state index is 0.0879. The third kappa shape index (κ3) is 64.5. The fraction of sp³-hybridized carbons (Fsp3) is 0.685. The van der Waals surface area contributed by atoms with E-state index in [-0.39, 0.29) is 31.1 Å². The molecule has 0 bridgehead atoms.